The van der Waals surface area contributed by atoms with Crippen LogP contribution in [0.5, 0.6) is 11.5 Å². The number of halogens is 2. The lowest BCUT2D eigenvalue weighted by atomic mass is 9.89. The highest BCUT2D eigenvalue weighted by molar-refractivity contribution is 7.90. The molecule has 0 radical (unpaired) electrons. The molecule has 0 atom stereocenters. The number of para-hydroxylation sites is 1. The number of sulfone groups is 1. The Morgan fingerprint density at radius 2 is 1.73 bits per heavy atom. The van der Waals surface area contributed by atoms with Crippen LogP contribution in [0, 0.1) is 11.6 Å². The third-order valence-corrected chi connectivity index (χ3v) is 10.7. The van der Waals surface area contributed by atoms with E-state index in [9.17, 15) is 22.0 Å². The van der Waals surface area contributed by atoms with E-state index in [4.69, 9.17) is 19.4 Å². The third kappa shape index (κ3) is 8.48. The normalized spacial score (nSPS) is 13.8. The predicted molar refractivity (Wildman–Crippen MR) is 212 cm³/mol. The molecule has 4 heterocycles. The highest BCUT2D eigenvalue weighted by atomic mass is 32.2. The van der Waals surface area contributed by atoms with Crippen molar-refractivity contribution in [2.45, 2.75) is 25.7 Å². The maximum Gasteiger partial charge on any atom is 0.259 e. The van der Waals surface area contributed by atoms with E-state index in [0.29, 0.717) is 64.7 Å². The van der Waals surface area contributed by atoms with Crippen molar-refractivity contribution in [3.8, 4) is 34.1 Å². The van der Waals surface area contributed by atoms with Gasteiger partial charge in [-0.2, -0.15) is 0 Å². The fraction of sp³-hybridized carbons (Fsp3) is 0.268. The van der Waals surface area contributed by atoms with Gasteiger partial charge in [-0.15, -0.1) is 0 Å². The van der Waals surface area contributed by atoms with Gasteiger partial charge in [0.1, 0.15) is 44.3 Å². The number of methoxy groups -OCH3 is 1. The topological polar surface area (TPSA) is 140 Å². The van der Waals surface area contributed by atoms with Gasteiger partial charge in [0.25, 0.3) is 5.91 Å². The Hall–Kier alpha value is -5.93. The molecular formula is C41H41F2N7O5S. The molecule has 2 N–H and O–H groups in total. The molecule has 56 heavy (non-hydrogen) atoms. The molecule has 12 nitrogen and oxygen atoms in total. The maximum absolute atomic E-state index is 14.5. The Morgan fingerprint density at radius 1 is 0.946 bits per heavy atom. The number of carbonyl (C=O) groups is 1. The molecule has 0 bridgehead atoms. The quantitative estimate of drug-likeness (QED) is 0.122. The first-order valence-electron chi connectivity index (χ1n) is 18.2. The molecule has 290 valence electrons. The van der Waals surface area contributed by atoms with Crippen molar-refractivity contribution in [1.29, 1.82) is 0 Å². The number of nitrogens with one attached hydrogen (secondary N) is 2. The molecule has 1 amide bonds. The first-order valence-corrected chi connectivity index (χ1v) is 20.3. The number of benzene rings is 3. The molecule has 15 heteroatoms. The number of carbonyl (C=O) groups excluding carboxylic acids is 1. The summed E-state index contributed by atoms with van der Waals surface area (Å²) >= 11 is 0. The third-order valence-electron chi connectivity index (χ3n) is 9.74. The van der Waals surface area contributed by atoms with Gasteiger partial charge < -0.3 is 25.0 Å². The van der Waals surface area contributed by atoms with Crippen LogP contribution < -0.4 is 20.1 Å². The monoisotopic (exact) mass is 781 g/mol. The summed E-state index contributed by atoms with van der Waals surface area (Å²) in [5.41, 5.74) is 4.12. The van der Waals surface area contributed by atoms with E-state index in [1.807, 2.05) is 47.9 Å². The number of hydrogen-bond donors (Lipinski definition) is 2. The van der Waals surface area contributed by atoms with Crippen molar-refractivity contribution in [3.05, 3.63) is 114 Å². The van der Waals surface area contributed by atoms with Crippen molar-refractivity contribution in [2.24, 2.45) is 0 Å². The Labute approximate surface area is 323 Å². The molecule has 3 aromatic heterocycles. The largest absolute Gasteiger partial charge is 0.496 e. The molecule has 0 spiro atoms. The van der Waals surface area contributed by atoms with Gasteiger partial charge in [0.05, 0.1) is 47.8 Å². The molecule has 1 saturated heterocycles. The smallest absolute Gasteiger partial charge is 0.259 e. The lowest BCUT2D eigenvalue weighted by Crippen LogP contribution is -2.36. The number of aromatic nitrogens is 4. The number of nitrogens with zero attached hydrogens (tertiary/aromatic N) is 5. The van der Waals surface area contributed by atoms with Gasteiger partial charge in [-0.25, -0.2) is 32.2 Å². The summed E-state index contributed by atoms with van der Waals surface area (Å²) in [7, 11) is -1.60. The molecule has 0 unspecified atom stereocenters. The highest BCUT2D eigenvalue weighted by Gasteiger charge is 2.24. The second-order valence-electron chi connectivity index (χ2n) is 13.5. The summed E-state index contributed by atoms with van der Waals surface area (Å²) in [6, 6.07) is 21.7. The average molecular weight is 782 g/mol. The Morgan fingerprint density at radius 3 is 2.46 bits per heavy atom. The molecule has 1 aliphatic heterocycles. The molecule has 0 aliphatic carbocycles. The number of amides is 1. The molecule has 0 saturated carbocycles. The molecular weight excluding hydrogens is 741 g/mol. The number of pyridine rings is 1. The van der Waals surface area contributed by atoms with Gasteiger partial charge in [0.2, 0.25) is 5.95 Å². The lowest BCUT2D eigenvalue weighted by molar-refractivity contribution is 0.102. The molecule has 3 aromatic carbocycles. The van der Waals surface area contributed by atoms with E-state index in [-0.39, 0.29) is 17.1 Å². The average Bonchev–Trinajstić information content (AvgIpc) is 3.59. The van der Waals surface area contributed by atoms with Crippen LogP contribution in [0.4, 0.5) is 26.1 Å². The van der Waals surface area contributed by atoms with Gasteiger partial charge in [0.15, 0.2) is 0 Å². The van der Waals surface area contributed by atoms with Crippen molar-refractivity contribution < 1.29 is 31.5 Å². The fourth-order valence-corrected chi connectivity index (χ4v) is 7.49. The van der Waals surface area contributed by atoms with Gasteiger partial charge >= 0.3 is 0 Å². The summed E-state index contributed by atoms with van der Waals surface area (Å²) in [4.78, 5) is 30.0. The number of piperidine rings is 1. The molecule has 7 rings (SSSR count). The van der Waals surface area contributed by atoms with E-state index >= 15 is 0 Å². The first kappa shape index (κ1) is 38.3. The minimum Gasteiger partial charge on any atom is -0.496 e. The van der Waals surface area contributed by atoms with E-state index in [1.165, 1.54) is 19.4 Å². The number of ether oxygens (including phenoxy) is 2. The fourth-order valence-electron chi connectivity index (χ4n) is 6.90. The lowest BCUT2D eigenvalue weighted by Gasteiger charge is -2.32. The van der Waals surface area contributed by atoms with Crippen LogP contribution in [-0.2, 0) is 9.84 Å². The summed E-state index contributed by atoms with van der Waals surface area (Å²) in [5, 5.41) is 5.68. The van der Waals surface area contributed by atoms with Crippen LogP contribution in [-0.4, -0.2) is 83.9 Å². The van der Waals surface area contributed by atoms with E-state index in [1.54, 1.807) is 30.5 Å². The van der Waals surface area contributed by atoms with Crippen molar-refractivity contribution in [2.75, 3.05) is 56.0 Å². The Balaban J connectivity index is 1.18. The van der Waals surface area contributed by atoms with Crippen molar-refractivity contribution in [3.63, 3.8) is 0 Å². The van der Waals surface area contributed by atoms with Gasteiger partial charge in [0, 0.05) is 30.8 Å². The number of fused-ring (bicyclic) bond motifs is 1. The van der Waals surface area contributed by atoms with Crippen LogP contribution in [0.15, 0.2) is 91.3 Å². The van der Waals surface area contributed by atoms with Gasteiger partial charge in [-0.3, -0.25) is 9.20 Å². The number of hydrogen-bond acceptors (Lipinski definition) is 10. The van der Waals surface area contributed by atoms with Gasteiger partial charge in [-0.05, 0) is 105 Å². The summed E-state index contributed by atoms with van der Waals surface area (Å²) < 4.78 is 65.6. The summed E-state index contributed by atoms with van der Waals surface area (Å²) in [6.45, 7) is 4.58. The number of anilines is 3. The van der Waals surface area contributed by atoms with Crippen LogP contribution in [0.25, 0.3) is 28.3 Å². The number of imidazole rings is 1. The van der Waals surface area contributed by atoms with Crippen LogP contribution in [0.1, 0.15) is 41.6 Å². The standard InChI is InChI=1S/C41H41F2N7O5S/c1-4-55-35-25-27(26-16-20-49(21-17-26)22-23-56(3,52)53)11-13-32(35)45-41-44-18-15-33(46-41)39-37(47-36-10-5-6-19-50(36)39)28-12-14-34(54-2)29(24-28)40(51)48-38-30(42)8-7-9-31(38)43/h5-15,18-19,24-26H,4,16-17,20-23H2,1-3H3,(H,48,51)(H,44,45,46). The van der Waals surface area contributed by atoms with E-state index < -0.39 is 33.1 Å². The SMILES string of the molecule is CCOc1cc(C2CCN(CCS(C)(=O)=O)CC2)ccc1Nc1nccc(-c2c(-c3ccc(OC)c(C(=O)Nc4c(F)cccc4F)c3)nc3ccccn23)n1. The second-order valence-corrected chi connectivity index (χ2v) is 15.8. The van der Waals surface area contributed by atoms with Crippen LogP contribution in [0.2, 0.25) is 0 Å². The molecule has 6 aromatic rings. The zero-order valence-electron chi connectivity index (χ0n) is 31.1. The number of likely N-dealkylation sites (tertiary alicyclic amines) is 1. The second kappa shape index (κ2) is 16.4. The molecule has 1 aliphatic rings. The van der Waals surface area contributed by atoms with Gasteiger partial charge in [-0.1, -0.05) is 18.2 Å². The van der Waals surface area contributed by atoms with E-state index in [2.05, 4.69) is 26.6 Å². The predicted octanol–water partition coefficient (Wildman–Crippen LogP) is 7.36. The molecule has 1 fully saturated rings. The minimum atomic E-state index is -3.01. The zero-order chi connectivity index (χ0) is 39.4. The van der Waals surface area contributed by atoms with Crippen LogP contribution in [0.3, 0.4) is 0 Å². The highest BCUT2D eigenvalue weighted by Crippen LogP contribution is 2.37. The van der Waals surface area contributed by atoms with Crippen molar-refractivity contribution >= 4 is 38.7 Å². The summed E-state index contributed by atoms with van der Waals surface area (Å²) in [6.07, 6.45) is 6.60. The van der Waals surface area contributed by atoms with E-state index in [0.717, 1.165) is 43.6 Å². The van der Waals surface area contributed by atoms with Crippen molar-refractivity contribution in [1.82, 2.24) is 24.3 Å². The minimum absolute atomic E-state index is 0.0464. The summed E-state index contributed by atoms with van der Waals surface area (Å²) in [5.74, 6) is -0.925. The van der Waals surface area contributed by atoms with Crippen LogP contribution >= 0.6 is 0 Å². The Kier molecular flexibility index (Phi) is 11.3. The maximum atomic E-state index is 14.5. The number of rotatable bonds is 13. The zero-order valence-corrected chi connectivity index (χ0v) is 31.9. The Bertz CT molecular complexity index is 2480. The first-order chi connectivity index (χ1) is 27.0.